The van der Waals surface area contributed by atoms with E-state index in [-0.39, 0.29) is 5.75 Å². The van der Waals surface area contributed by atoms with Gasteiger partial charge in [-0.15, -0.1) is 0 Å². The van der Waals surface area contributed by atoms with E-state index < -0.39 is 12.3 Å². The van der Waals surface area contributed by atoms with Gasteiger partial charge in [0, 0.05) is 11.3 Å². The van der Waals surface area contributed by atoms with Crippen molar-refractivity contribution in [1.82, 2.24) is 0 Å². The fraction of sp³-hybridized carbons (Fsp3) is 0.350. The molecule has 7 heteroatoms. The van der Waals surface area contributed by atoms with Gasteiger partial charge in [-0.1, -0.05) is 12.1 Å². The van der Waals surface area contributed by atoms with Gasteiger partial charge in [0.25, 0.3) is 5.72 Å². The molecule has 1 atom stereocenters. The lowest BCUT2D eigenvalue weighted by molar-refractivity contribution is -0.656. The lowest BCUT2D eigenvalue weighted by Crippen LogP contribution is -2.41. The van der Waals surface area contributed by atoms with Crippen molar-refractivity contribution < 1.29 is 23.2 Å². The summed E-state index contributed by atoms with van der Waals surface area (Å²) < 4.78 is 31.2. The van der Waals surface area contributed by atoms with Gasteiger partial charge in [-0.05, 0) is 67.1 Å². The molecule has 2 aliphatic rings. The first-order chi connectivity index (χ1) is 13.0. The van der Waals surface area contributed by atoms with Crippen molar-refractivity contribution in [1.29, 1.82) is 0 Å². The number of rotatable bonds is 4. The Labute approximate surface area is 161 Å². The minimum Gasteiger partial charge on any atom is -0.435 e. The van der Waals surface area contributed by atoms with Crippen molar-refractivity contribution >= 4 is 22.6 Å². The molecule has 2 aromatic carbocycles. The number of hydrogen-bond acceptors (Lipinski definition) is 4. The first-order valence-electron chi connectivity index (χ1n) is 8.87. The van der Waals surface area contributed by atoms with Gasteiger partial charge in [-0.3, -0.25) is 0 Å². The molecular formula is C20H21F2N2O2S+. The van der Waals surface area contributed by atoms with Gasteiger partial charge >= 0.3 is 11.8 Å². The third-order valence-corrected chi connectivity index (χ3v) is 6.09. The fourth-order valence-electron chi connectivity index (χ4n) is 3.65. The van der Waals surface area contributed by atoms with E-state index in [9.17, 15) is 13.9 Å². The number of β-amino-alcohol motifs (C(OH)–C–C–N with tert-alkyl or cyclic N) is 1. The van der Waals surface area contributed by atoms with Crippen LogP contribution in [0, 0.1) is 6.92 Å². The van der Waals surface area contributed by atoms with Crippen LogP contribution in [0.3, 0.4) is 0 Å². The van der Waals surface area contributed by atoms with Gasteiger partial charge in [-0.25, -0.2) is 9.48 Å². The van der Waals surface area contributed by atoms with Gasteiger partial charge < -0.3 is 9.84 Å². The third kappa shape index (κ3) is 3.41. The summed E-state index contributed by atoms with van der Waals surface area (Å²) >= 11 is 1.74. The number of amidine groups is 1. The molecular weight excluding hydrogens is 370 g/mol. The molecule has 0 amide bonds. The van der Waals surface area contributed by atoms with E-state index in [1.54, 1.807) is 23.9 Å². The Morgan fingerprint density at radius 2 is 2.00 bits per heavy atom. The maximum Gasteiger partial charge on any atom is 0.387 e. The summed E-state index contributed by atoms with van der Waals surface area (Å²) in [6.45, 7) is 0.314. The van der Waals surface area contributed by atoms with Gasteiger partial charge in [0.05, 0.1) is 6.54 Å². The van der Waals surface area contributed by atoms with Gasteiger partial charge in [0.15, 0.2) is 6.54 Å². The van der Waals surface area contributed by atoms with Crippen LogP contribution < -0.4 is 9.64 Å². The molecule has 0 spiro atoms. The average molecular weight is 391 g/mol. The Hall–Kier alpha value is -2.12. The molecule has 0 radical (unpaired) electrons. The van der Waals surface area contributed by atoms with Crippen LogP contribution in [0.15, 0.2) is 48.5 Å². The smallest absolute Gasteiger partial charge is 0.387 e. The lowest BCUT2D eigenvalue weighted by atomic mass is 10.0. The highest BCUT2D eigenvalue weighted by Crippen LogP contribution is 2.38. The van der Waals surface area contributed by atoms with Crippen LogP contribution in [0.5, 0.6) is 5.75 Å². The van der Waals surface area contributed by atoms with E-state index in [2.05, 4.69) is 15.7 Å². The molecule has 0 aromatic heterocycles. The number of halogens is 2. The topological polar surface area (TPSA) is 35.7 Å². The standard InChI is InChI=1S/C20H21F2N2O2S/c1-14-4-2-5-16(12-14)23-13-20(25,24-10-3-11-27-19(23)24)15-6-8-17(9-7-15)26-18(21)22/h2,4-9,12,18,25H,3,10-11,13H2,1H3/q+1. The zero-order chi connectivity index (χ0) is 19.0. The quantitative estimate of drug-likeness (QED) is 0.805. The fourth-order valence-corrected chi connectivity index (χ4v) is 4.83. The van der Waals surface area contributed by atoms with Crippen LogP contribution in [-0.4, -0.2) is 40.3 Å². The van der Waals surface area contributed by atoms with Crippen molar-refractivity contribution in [3.8, 4) is 5.75 Å². The number of ether oxygens (including phenoxy) is 1. The molecule has 0 fully saturated rings. The second-order valence-electron chi connectivity index (χ2n) is 6.78. The van der Waals surface area contributed by atoms with Crippen LogP contribution in [0.25, 0.3) is 0 Å². The van der Waals surface area contributed by atoms with Gasteiger partial charge in [-0.2, -0.15) is 8.78 Å². The second kappa shape index (κ2) is 7.13. The highest BCUT2D eigenvalue weighted by atomic mass is 32.2. The second-order valence-corrected chi connectivity index (χ2v) is 7.84. The van der Waals surface area contributed by atoms with E-state index in [1.807, 2.05) is 29.7 Å². The number of alkyl halides is 2. The van der Waals surface area contributed by atoms with Crippen molar-refractivity contribution in [3.63, 3.8) is 0 Å². The van der Waals surface area contributed by atoms with Crippen LogP contribution in [0.4, 0.5) is 14.5 Å². The Kier molecular flexibility index (Phi) is 4.82. The number of hydrogen-bond donors (Lipinski definition) is 1. The van der Waals surface area contributed by atoms with E-state index in [4.69, 9.17) is 0 Å². The molecule has 0 saturated carbocycles. The average Bonchev–Trinajstić information content (AvgIpc) is 2.96. The predicted molar refractivity (Wildman–Crippen MR) is 103 cm³/mol. The summed E-state index contributed by atoms with van der Waals surface area (Å²) in [6.07, 6.45) is 0.977. The van der Waals surface area contributed by atoms with Gasteiger partial charge in [0.2, 0.25) is 0 Å². The van der Waals surface area contributed by atoms with Gasteiger partial charge in [0.1, 0.15) is 11.4 Å². The minimum absolute atomic E-state index is 0.0862. The monoisotopic (exact) mass is 391 g/mol. The van der Waals surface area contributed by atoms with Crippen molar-refractivity contribution in [3.05, 3.63) is 59.7 Å². The van der Waals surface area contributed by atoms with E-state index >= 15 is 0 Å². The zero-order valence-electron chi connectivity index (χ0n) is 14.9. The summed E-state index contributed by atoms with van der Waals surface area (Å²) in [5.41, 5.74) is 1.65. The molecule has 0 bridgehead atoms. The first-order valence-corrected chi connectivity index (χ1v) is 9.85. The summed E-state index contributed by atoms with van der Waals surface area (Å²) in [6, 6.07) is 14.5. The van der Waals surface area contributed by atoms with Crippen molar-refractivity contribution in [2.45, 2.75) is 25.7 Å². The number of nitrogens with zero attached hydrogens (tertiary/aromatic N) is 2. The number of aliphatic hydroxyl groups is 1. The number of anilines is 1. The summed E-state index contributed by atoms with van der Waals surface area (Å²) in [7, 11) is 0. The predicted octanol–water partition coefficient (Wildman–Crippen LogP) is 3.77. The summed E-state index contributed by atoms with van der Waals surface area (Å²) in [5.74, 6) is 1.09. The maximum atomic E-state index is 12.4. The van der Waals surface area contributed by atoms with Crippen LogP contribution in [0.2, 0.25) is 0 Å². The minimum atomic E-state index is -2.86. The Morgan fingerprint density at radius 1 is 1.22 bits per heavy atom. The van der Waals surface area contributed by atoms with Crippen molar-refractivity contribution in [2.24, 2.45) is 0 Å². The molecule has 27 heavy (non-hydrogen) atoms. The van der Waals surface area contributed by atoms with Crippen LogP contribution in [0.1, 0.15) is 17.5 Å². The molecule has 2 aliphatic heterocycles. The molecule has 142 valence electrons. The largest absolute Gasteiger partial charge is 0.435 e. The number of aryl methyl sites for hydroxylation is 1. The normalized spacial score (nSPS) is 22.3. The highest BCUT2D eigenvalue weighted by molar-refractivity contribution is 8.13. The lowest BCUT2D eigenvalue weighted by Gasteiger charge is -2.24. The molecule has 0 aliphatic carbocycles. The molecule has 4 rings (SSSR count). The zero-order valence-corrected chi connectivity index (χ0v) is 15.8. The molecule has 1 N–H and O–H groups in total. The molecule has 2 aromatic rings. The van der Waals surface area contributed by atoms with Crippen LogP contribution >= 0.6 is 11.8 Å². The maximum absolute atomic E-state index is 12.4. The summed E-state index contributed by atoms with van der Waals surface area (Å²) in [4.78, 5) is 2.14. The van der Waals surface area contributed by atoms with Crippen molar-refractivity contribution in [2.75, 3.05) is 23.7 Å². The SMILES string of the molecule is Cc1cccc(N2CC(O)(c3ccc(OC(F)F)cc3)[N+]3=C2SCCC3)c1. The molecule has 2 heterocycles. The Bertz CT molecular complexity index is 873. The number of benzene rings is 2. The Morgan fingerprint density at radius 3 is 2.70 bits per heavy atom. The molecule has 1 unspecified atom stereocenters. The van der Waals surface area contributed by atoms with Crippen LogP contribution in [-0.2, 0) is 5.72 Å². The van der Waals surface area contributed by atoms with E-state index in [0.717, 1.165) is 35.1 Å². The Balaban J connectivity index is 1.71. The number of thioether (sulfide) groups is 1. The third-order valence-electron chi connectivity index (χ3n) is 4.90. The van der Waals surface area contributed by atoms with E-state index in [1.165, 1.54) is 12.1 Å². The summed E-state index contributed by atoms with van der Waals surface area (Å²) in [5, 5.41) is 12.6. The van der Waals surface area contributed by atoms with E-state index in [0.29, 0.717) is 12.1 Å². The first kappa shape index (κ1) is 18.3. The highest BCUT2D eigenvalue weighted by Gasteiger charge is 2.53. The molecule has 4 nitrogen and oxygen atoms in total. The molecule has 0 saturated heterocycles.